The normalized spacial score (nSPS) is 32.9. The van der Waals surface area contributed by atoms with Gasteiger partial charge in [-0.15, -0.1) is 0 Å². The third-order valence-corrected chi connectivity index (χ3v) is 4.82. The van der Waals surface area contributed by atoms with Gasteiger partial charge in [-0.2, -0.15) is 0 Å². The maximum Gasteiger partial charge on any atom is 0.246 e. The molecule has 0 aromatic rings. The number of rotatable bonds is 2. The summed E-state index contributed by atoms with van der Waals surface area (Å²) >= 11 is 0. The molecule has 0 spiro atoms. The second kappa shape index (κ2) is 5.12. The molecular formula is C14H23N3O2. The Morgan fingerprint density at radius 3 is 2.68 bits per heavy atom. The van der Waals surface area contributed by atoms with Crippen molar-refractivity contribution in [3.63, 3.8) is 0 Å². The molecule has 5 nitrogen and oxygen atoms in total. The number of piperidine rings is 1. The maximum absolute atomic E-state index is 12.6. The van der Waals surface area contributed by atoms with Crippen LogP contribution in [0.4, 0.5) is 0 Å². The van der Waals surface area contributed by atoms with E-state index in [9.17, 15) is 9.59 Å². The molecule has 0 saturated carbocycles. The Hall–Kier alpha value is -1.10. The Kier molecular flexibility index (Phi) is 3.48. The van der Waals surface area contributed by atoms with E-state index < -0.39 is 0 Å². The predicted molar refractivity (Wildman–Crippen MR) is 71.6 cm³/mol. The van der Waals surface area contributed by atoms with Gasteiger partial charge in [0.25, 0.3) is 0 Å². The first-order chi connectivity index (χ1) is 9.20. The number of piperazine rings is 1. The Balaban J connectivity index is 1.73. The van der Waals surface area contributed by atoms with E-state index >= 15 is 0 Å². The van der Waals surface area contributed by atoms with Crippen LogP contribution >= 0.6 is 0 Å². The summed E-state index contributed by atoms with van der Waals surface area (Å²) in [6.45, 7) is 6.32. The molecule has 3 fully saturated rings. The van der Waals surface area contributed by atoms with E-state index in [0.29, 0.717) is 6.54 Å². The summed E-state index contributed by atoms with van der Waals surface area (Å²) < 4.78 is 0. The molecule has 19 heavy (non-hydrogen) atoms. The summed E-state index contributed by atoms with van der Waals surface area (Å²) in [6.07, 6.45) is 4.00. The fourth-order valence-electron chi connectivity index (χ4n) is 3.71. The molecule has 0 aromatic heterocycles. The van der Waals surface area contributed by atoms with Crippen molar-refractivity contribution in [2.24, 2.45) is 0 Å². The third-order valence-electron chi connectivity index (χ3n) is 4.82. The van der Waals surface area contributed by atoms with Crippen LogP contribution in [0.3, 0.4) is 0 Å². The number of likely N-dealkylation sites (tertiary alicyclic amines) is 1. The smallest absolute Gasteiger partial charge is 0.246 e. The average molecular weight is 265 g/mol. The van der Waals surface area contributed by atoms with E-state index in [1.165, 1.54) is 0 Å². The van der Waals surface area contributed by atoms with E-state index in [1.54, 1.807) is 4.90 Å². The van der Waals surface area contributed by atoms with Crippen LogP contribution in [0.5, 0.6) is 0 Å². The molecule has 106 valence electrons. The number of carbonyl (C=O) groups is 2. The number of nitrogens with zero attached hydrogens (tertiary/aromatic N) is 3. The summed E-state index contributed by atoms with van der Waals surface area (Å²) in [6, 6.07) is 0.0890. The molecule has 2 unspecified atom stereocenters. The van der Waals surface area contributed by atoms with Crippen molar-refractivity contribution in [2.75, 3.05) is 32.7 Å². The van der Waals surface area contributed by atoms with E-state index in [1.807, 2.05) is 4.90 Å². The molecule has 3 aliphatic heterocycles. The monoisotopic (exact) mass is 265 g/mol. The number of fused-ring (bicyclic) bond motifs is 1. The molecule has 3 aliphatic rings. The molecule has 2 atom stereocenters. The zero-order chi connectivity index (χ0) is 13.4. The van der Waals surface area contributed by atoms with Crippen molar-refractivity contribution < 1.29 is 9.59 Å². The summed E-state index contributed by atoms with van der Waals surface area (Å²) in [5.41, 5.74) is 0. The van der Waals surface area contributed by atoms with Crippen LogP contribution in [0.15, 0.2) is 0 Å². The van der Waals surface area contributed by atoms with Gasteiger partial charge in [0.05, 0.1) is 0 Å². The van der Waals surface area contributed by atoms with Gasteiger partial charge in [0, 0.05) is 19.1 Å². The molecule has 0 radical (unpaired) electrons. The van der Waals surface area contributed by atoms with Crippen molar-refractivity contribution in [1.82, 2.24) is 14.7 Å². The van der Waals surface area contributed by atoms with E-state index in [0.717, 1.165) is 51.9 Å². The van der Waals surface area contributed by atoms with Crippen LogP contribution in [0, 0.1) is 0 Å². The largest absolute Gasteiger partial charge is 0.329 e. The lowest BCUT2D eigenvalue weighted by Gasteiger charge is -2.44. The van der Waals surface area contributed by atoms with Gasteiger partial charge in [-0.1, -0.05) is 6.92 Å². The minimum absolute atomic E-state index is 0.149. The third kappa shape index (κ3) is 2.24. The average Bonchev–Trinajstić information content (AvgIpc) is 2.93. The maximum atomic E-state index is 12.6. The highest BCUT2D eigenvalue weighted by molar-refractivity contribution is 5.95. The second-order valence-electron chi connectivity index (χ2n) is 5.90. The van der Waals surface area contributed by atoms with Crippen molar-refractivity contribution in [2.45, 2.75) is 44.7 Å². The number of carbonyl (C=O) groups excluding carboxylic acids is 2. The fraction of sp³-hybridized carbons (Fsp3) is 0.857. The Labute approximate surface area is 114 Å². The van der Waals surface area contributed by atoms with Crippen LogP contribution in [0.1, 0.15) is 32.6 Å². The van der Waals surface area contributed by atoms with Crippen molar-refractivity contribution in [3.8, 4) is 0 Å². The summed E-state index contributed by atoms with van der Waals surface area (Å²) in [4.78, 5) is 30.7. The lowest BCUT2D eigenvalue weighted by atomic mass is 10.0. The number of likely N-dealkylation sites (N-methyl/N-ethyl adjacent to an activating group) is 1. The van der Waals surface area contributed by atoms with Gasteiger partial charge in [-0.3, -0.25) is 9.59 Å². The quantitative estimate of drug-likeness (QED) is 0.721. The molecule has 0 N–H and O–H groups in total. The van der Waals surface area contributed by atoms with Crippen molar-refractivity contribution >= 4 is 11.8 Å². The number of hydrogen-bond donors (Lipinski definition) is 0. The van der Waals surface area contributed by atoms with Crippen LogP contribution in [-0.4, -0.2) is 71.3 Å². The predicted octanol–water partition coefficient (Wildman–Crippen LogP) is 0.304. The number of hydrogen-bond acceptors (Lipinski definition) is 3. The number of amides is 2. The van der Waals surface area contributed by atoms with Crippen LogP contribution < -0.4 is 0 Å². The Bertz CT molecular complexity index is 385. The first-order valence-corrected chi connectivity index (χ1v) is 7.53. The van der Waals surface area contributed by atoms with Gasteiger partial charge >= 0.3 is 0 Å². The zero-order valence-corrected chi connectivity index (χ0v) is 11.7. The fourth-order valence-corrected chi connectivity index (χ4v) is 3.71. The SMILES string of the molecule is CCN1CCCC(N2CC(=O)N3CCCC3C2=O)C1. The standard InChI is InChI=1S/C14H23N3O2/c1-2-15-7-3-5-11(9-15)17-10-13(18)16-8-4-6-12(16)14(17)19/h11-12H,2-10H2,1H3. The van der Waals surface area contributed by atoms with Crippen LogP contribution in [0.25, 0.3) is 0 Å². The van der Waals surface area contributed by atoms with Gasteiger partial charge in [0.2, 0.25) is 11.8 Å². The van der Waals surface area contributed by atoms with Gasteiger partial charge < -0.3 is 14.7 Å². The Morgan fingerprint density at radius 1 is 1.11 bits per heavy atom. The molecule has 0 aromatic carbocycles. The molecule has 2 amide bonds. The van der Waals surface area contributed by atoms with Crippen LogP contribution in [-0.2, 0) is 9.59 Å². The second-order valence-corrected chi connectivity index (χ2v) is 5.90. The summed E-state index contributed by atoms with van der Waals surface area (Å²) in [7, 11) is 0. The molecular weight excluding hydrogens is 242 g/mol. The van der Waals surface area contributed by atoms with Gasteiger partial charge in [-0.05, 0) is 38.8 Å². The minimum Gasteiger partial charge on any atom is -0.329 e. The molecule has 3 heterocycles. The lowest BCUT2D eigenvalue weighted by molar-refractivity contribution is -0.156. The van der Waals surface area contributed by atoms with E-state index in [2.05, 4.69) is 11.8 Å². The molecule has 0 bridgehead atoms. The van der Waals surface area contributed by atoms with Gasteiger partial charge in [0.1, 0.15) is 12.6 Å². The highest BCUT2D eigenvalue weighted by Crippen LogP contribution is 2.27. The highest BCUT2D eigenvalue weighted by Gasteiger charge is 2.44. The molecule has 3 rings (SSSR count). The topological polar surface area (TPSA) is 43.9 Å². The Morgan fingerprint density at radius 2 is 1.89 bits per heavy atom. The first-order valence-electron chi connectivity index (χ1n) is 7.53. The summed E-state index contributed by atoms with van der Waals surface area (Å²) in [5.74, 6) is 0.343. The van der Waals surface area contributed by atoms with Crippen LogP contribution in [0.2, 0.25) is 0 Å². The molecule has 0 aliphatic carbocycles. The van der Waals surface area contributed by atoms with E-state index in [-0.39, 0.29) is 23.9 Å². The minimum atomic E-state index is -0.154. The molecule has 3 saturated heterocycles. The summed E-state index contributed by atoms with van der Waals surface area (Å²) in [5, 5.41) is 0. The van der Waals surface area contributed by atoms with Gasteiger partial charge in [-0.25, -0.2) is 0 Å². The lowest BCUT2D eigenvalue weighted by Crippen LogP contribution is -2.62. The highest BCUT2D eigenvalue weighted by atomic mass is 16.2. The zero-order valence-electron chi connectivity index (χ0n) is 11.7. The van der Waals surface area contributed by atoms with Crippen molar-refractivity contribution in [1.29, 1.82) is 0 Å². The molecule has 5 heteroatoms. The van der Waals surface area contributed by atoms with Crippen molar-refractivity contribution in [3.05, 3.63) is 0 Å². The first kappa shape index (κ1) is 12.9. The van der Waals surface area contributed by atoms with Gasteiger partial charge in [0.15, 0.2) is 0 Å². The van der Waals surface area contributed by atoms with E-state index in [4.69, 9.17) is 0 Å².